The first-order chi connectivity index (χ1) is 12.3. The normalized spacial score (nSPS) is 20.7. The van der Waals surface area contributed by atoms with Crippen LogP contribution in [0.3, 0.4) is 0 Å². The molecule has 1 aliphatic heterocycles. The number of nitrogens with zero attached hydrogens (tertiary/aromatic N) is 2. The number of hydrogen-bond donors (Lipinski definition) is 1. The highest BCUT2D eigenvalue weighted by molar-refractivity contribution is 8.00. The Morgan fingerprint density at radius 2 is 1.81 bits per heavy atom. The van der Waals surface area contributed by atoms with Crippen LogP contribution in [0.25, 0.3) is 0 Å². The minimum Gasteiger partial charge on any atom is -0.457 e. The van der Waals surface area contributed by atoms with E-state index in [0.29, 0.717) is 24.6 Å². The van der Waals surface area contributed by atoms with E-state index in [-0.39, 0.29) is 15.7 Å². The van der Waals surface area contributed by atoms with Crippen LogP contribution in [-0.4, -0.2) is 47.3 Å². The number of nitrogens with two attached hydrogens (primary N) is 1. The van der Waals surface area contributed by atoms with Crippen molar-refractivity contribution in [3.05, 3.63) is 48.8 Å². The molecular formula is C18H23N3O3S2. The van der Waals surface area contributed by atoms with Gasteiger partial charge in [0.1, 0.15) is 11.5 Å². The van der Waals surface area contributed by atoms with Crippen molar-refractivity contribution in [3.63, 3.8) is 0 Å². The van der Waals surface area contributed by atoms with E-state index in [1.54, 1.807) is 64.9 Å². The highest BCUT2D eigenvalue weighted by Crippen LogP contribution is 2.37. The molecule has 0 spiro atoms. The van der Waals surface area contributed by atoms with Gasteiger partial charge in [-0.3, -0.25) is 4.98 Å². The maximum atomic E-state index is 13.1. The highest BCUT2D eigenvalue weighted by atomic mass is 32.2. The lowest BCUT2D eigenvalue weighted by Gasteiger charge is -2.44. The van der Waals surface area contributed by atoms with Crippen LogP contribution >= 0.6 is 11.8 Å². The third-order valence-electron chi connectivity index (χ3n) is 4.47. The number of sulfonamides is 1. The van der Waals surface area contributed by atoms with E-state index in [1.165, 1.54) is 0 Å². The Kier molecular flexibility index (Phi) is 5.57. The zero-order chi connectivity index (χ0) is 18.8. The van der Waals surface area contributed by atoms with Crippen LogP contribution in [0.4, 0.5) is 0 Å². The first kappa shape index (κ1) is 19.2. The van der Waals surface area contributed by atoms with Crippen LogP contribution in [0.1, 0.15) is 13.8 Å². The van der Waals surface area contributed by atoms with E-state index in [4.69, 9.17) is 10.5 Å². The van der Waals surface area contributed by atoms with Crippen molar-refractivity contribution in [2.24, 2.45) is 5.73 Å². The summed E-state index contributed by atoms with van der Waals surface area (Å²) in [5, 5.41) is 0. The van der Waals surface area contributed by atoms with Crippen molar-refractivity contribution in [2.75, 3.05) is 18.8 Å². The van der Waals surface area contributed by atoms with Gasteiger partial charge in [-0.15, -0.1) is 0 Å². The van der Waals surface area contributed by atoms with Crippen molar-refractivity contribution in [3.8, 4) is 11.5 Å². The van der Waals surface area contributed by atoms with E-state index in [9.17, 15) is 8.42 Å². The van der Waals surface area contributed by atoms with Crippen LogP contribution in [0, 0.1) is 0 Å². The Labute approximate surface area is 158 Å². The van der Waals surface area contributed by atoms with Gasteiger partial charge in [-0.05, 0) is 50.2 Å². The molecule has 1 aromatic carbocycles. The number of thioether (sulfide) groups is 1. The Morgan fingerprint density at radius 3 is 2.42 bits per heavy atom. The van der Waals surface area contributed by atoms with E-state index in [1.807, 2.05) is 13.8 Å². The van der Waals surface area contributed by atoms with Crippen molar-refractivity contribution >= 4 is 21.8 Å². The molecule has 0 radical (unpaired) electrons. The van der Waals surface area contributed by atoms with E-state index in [2.05, 4.69) is 4.98 Å². The second-order valence-corrected chi connectivity index (χ2v) is 10.2. The summed E-state index contributed by atoms with van der Waals surface area (Å²) in [5.41, 5.74) is 5.91. The van der Waals surface area contributed by atoms with Gasteiger partial charge < -0.3 is 10.5 Å². The molecule has 2 aromatic rings. The monoisotopic (exact) mass is 393 g/mol. The van der Waals surface area contributed by atoms with Gasteiger partial charge in [0, 0.05) is 36.0 Å². The largest absolute Gasteiger partial charge is 0.457 e. The van der Waals surface area contributed by atoms with Gasteiger partial charge in [0.15, 0.2) is 0 Å². The molecule has 8 heteroatoms. The summed E-state index contributed by atoms with van der Waals surface area (Å²) in [5.74, 6) is 1.97. The topological polar surface area (TPSA) is 85.5 Å². The minimum absolute atomic E-state index is 0.218. The molecule has 6 nitrogen and oxygen atoms in total. The summed E-state index contributed by atoms with van der Waals surface area (Å²) < 4.78 is 33.3. The summed E-state index contributed by atoms with van der Waals surface area (Å²) in [7, 11) is -3.61. The molecule has 1 aromatic heterocycles. The molecule has 140 valence electrons. The van der Waals surface area contributed by atoms with Crippen LogP contribution in [0.15, 0.2) is 53.7 Å². The third kappa shape index (κ3) is 3.88. The molecular weight excluding hydrogens is 370 g/mol. The molecule has 1 aliphatic rings. The SMILES string of the molecule is CC1(C)SCCN(S(=O)(=O)c2ccc(Oc3ccncc3)cc2)[C@H]1CN. The van der Waals surface area contributed by atoms with Gasteiger partial charge in [0.25, 0.3) is 0 Å². The lowest BCUT2D eigenvalue weighted by Crippen LogP contribution is -2.57. The number of rotatable bonds is 5. The molecule has 0 unspecified atom stereocenters. The number of pyridine rings is 1. The molecule has 1 saturated heterocycles. The quantitative estimate of drug-likeness (QED) is 0.841. The van der Waals surface area contributed by atoms with Crippen LogP contribution in [0.2, 0.25) is 0 Å². The maximum Gasteiger partial charge on any atom is 0.243 e. The molecule has 0 aliphatic carbocycles. The van der Waals surface area contributed by atoms with Gasteiger partial charge in [-0.2, -0.15) is 16.1 Å². The number of benzene rings is 1. The Hall–Kier alpha value is -1.61. The van der Waals surface area contributed by atoms with Crippen molar-refractivity contribution in [1.82, 2.24) is 9.29 Å². The van der Waals surface area contributed by atoms with Crippen molar-refractivity contribution in [1.29, 1.82) is 0 Å². The van der Waals surface area contributed by atoms with Gasteiger partial charge in [-0.1, -0.05) is 0 Å². The predicted molar refractivity (Wildman–Crippen MR) is 104 cm³/mol. The van der Waals surface area contributed by atoms with Crippen molar-refractivity contribution < 1.29 is 13.2 Å². The molecule has 0 bridgehead atoms. The van der Waals surface area contributed by atoms with E-state index >= 15 is 0 Å². The summed E-state index contributed by atoms with van der Waals surface area (Å²) in [6, 6.07) is 9.72. The standard InChI is InChI=1S/C18H23N3O3S2/c1-18(2)17(13-19)21(11-12-25-18)26(22,23)16-5-3-14(4-6-16)24-15-7-9-20-10-8-15/h3-10,17H,11-13,19H2,1-2H3/t17-/m0/s1. The smallest absolute Gasteiger partial charge is 0.243 e. The lowest BCUT2D eigenvalue weighted by atomic mass is 10.0. The molecule has 26 heavy (non-hydrogen) atoms. The van der Waals surface area contributed by atoms with Crippen LogP contribution in [0.5, 0.6) is 11.5 Å². The van der Waals surface area contributed by atoms with Crippen molar-refractivity contribution in [2.45, 2.75) is 29.5 Å². The fraction of sp³-hybridized carbons (Fsp3) is 0.389. The Morgan fingerprint density at radius 1 is 1.19 bits per heavy atom. The predicted octanol–water partition coefficient (Wildman–Crippen LogP) is 2.72. The van der Waals surface area contributed by atoms with E-state index < -0.39 is 10.0 Å². The molecule has 0 saturated carbocycles. The molecule has 2 N–H and O–H groups in total. The molecule has 3 rings (SSSR count). The second-order valence-electron chi connectivity index (χ2n) is 6.58. The Balaban J connectivity index is 1.83. The number of ether oxygens (including phenoxy) is 1. The first-order valence-electron chi connectivity index (χ1n) is 8.38. The fourth-order valence-corrected chi connectivity index (χ4v) is 6.22. The average Bonchev–Trinajstić information content (AvgIpc) is 2.62. The Bertz CT molecular complexity index is 840. The summed E-state index contributed by atoms with van der Waals surface area (Å²) in [4.78, 5) is 4.19. The van der Waals surface area contributed by atoms with Gasteiger partial charge in [-0.25, -0.2) is 8.42 Å². The maximum absolute atomic E-state index is 13.1. The second kappa shape index (κ2) is 7.56. The van der Waals surface area contributed by atoms with Gasteiger partial charge in [0.2, 0.25) is 10.0 Å². The lowest BCUT2D eigenvalue weighted by molar-refractivity contribution is 0.283. The van der Waals surface area contributed by atoms with E-state index in [0.717, 1.165) is 5.75 Å². The summed E-state index contributed by atoms with van der Waals surface area (Å²) in [6.45, 7) is 4.85. The molecule has 0 amide bonds. The minimum atomic E-state index is -3.61. The fourth-order valence-electron chi connectivity index (χ4n) is 3.04. The number of hydrogen-bond acceptors (Lipinski definition) is 6. The molecule has 1 fully saturated rings. The first-order valence-corrected chi connectivity index (χ1v) is 10.8. The zero-order valence-corrected chi connectivity index (χ0v) is 16.5. The van der Waals surface area contributed by atoms with Crippen LogP contribution in [-0.2, 0) is 10.0 Å². The molecule has 1 atom stereocenters. The van der Waals surface area contributed by atoms with Crippen LogP contribution < -0.4 is 10.5 Å². The summed E-state index contributed by atoms with van der Waals surface area (Å²) >= 11 is 1.76. The molecule has 2 heterocycles. The van der Waals surface area contributed by atoms with Gasteiger partial charge >= 0.3 is 0 Å². The average molecular weight is 394 g/mol. The number of aromatic nitrogens is 1. The highest BCUT2D eigenvalue weighted by Gasteiger charge is 2.43. The zero-order valence-electron chi connectivity index (χ0n) is 14.8. The third-order valence-corrected chi connectivity index (χ3v) is 7.80. The van der Waals surface area contributed by atoms with Gasteiger partial charge in [0.05, 0.1) is 10.9 Å². The summed E-state index contributed by atoms with van der Waals surface area (Å²) in [6.07, 6.45) is 3.27.